The molecule has 5 nitrogen and oxygen atoms in total. The highest BCUT2D eigenvalue weighted by Crippen LogP contribution is 2.17. The van der Waals surface area contributed by atoms with Crippen LogP contribution in [0.15, 0.2) is 47.4 Å². The van der Waals surface area contributed by atoms with Crippen molar-refractivity contribution in [3.8, 4) is 0 Å². The Bertz CT molecular complexity index is 833. The summed E-state index contributed by atoms with van der Waals surface area (Å²) in [5.41, 5.74) is 1.40. The van der Waals surface area contributed by atoms with E-state index >= 15 is 0 Å². The minimum Gasteiger partial charge on any atom is -0.346 e. The second-order valence-corrected chi connectivity index (χ2v) is 6.83. The normalized spacial score (nSPS) is 12.7. The zero-order chi connectivity index (χ0) is 17.2. The quantitative estimate of drug-likeness (QED) is 0.897. The van der Waals surface area contributed by atoms with Gasteiger partial charge in [0.05, 0.1) is 10.9 Å². The molecule has 1 amide bonds. The second-order valence-electron chi connectivity index (χ2n) is 5.27. The Labute approximate surface area is 134 Å². The highest BCUT2D eigenvalue weighted by atomic mass is 32.2. The molecule has 3 N–H and O–H groups in total. The average molecular weight is 336 g/mol. The van der Waals surface area contributed by atoms with Gasteiger partial charge < -0.3 is 5.32 Å². The SMILES string of the molecule is Cc1ccc(C(=O)NC(C)c2ccc(S(N)(=O)=O)cc2)cc1F. The first-order chi connectivity index (χ1) is 10.7. The molecule has 23 heavy (non-hydrogen) atoms. The van der Waals surface area contributed by atoms with Crippen LogP contribution in [-0.2, 0) is 10.0 Å². The summed E-state index contributed by atoms with van der Waals surface area (Å²) in [6.07, 6.45) is 0. The first kappa shape index (κ1) is 17.1. The fourth-order valence-corrected chi connectivity index (χ4v) is 2.56. The summed E-state index contributed by atoms with van der Waals surface area (Å²) >= 11 is 0. The minimum atomic E-state index is -3.75. The smallest absolute Gasteiger partial charge is 0.251 e. The number of amides is 1. The third-order valence-corrected chi connectivity index (χ3v) is 4.42. The number of benzene rings is 2. The number of hydrogen-bond donors (Lipinski definition) is 2. The third-order valence-electron chi connectivity index (χ3n) is 3.49. The van der Waals surface area contributed by atoms with Crippen LogP contribution in [0.1, 0.15) is 34.5 Å². The highest BCUT2D eigenvalue weighted by molar-refractivity contribution is 7.89. The summed E-state index contributed by atoms with van der Waals surface area (Å²) in [6, 6.07) is 9.78. The average Bonchev–Trinajstić information content (AvgIpc) is 2.49. The fraction of sp³-hybridized carbons (Fsp3) is 0.188. The lowest BCUT2D eigenvalue weighted by molar-refractivity contribution is 0.0939. The van der Waals surface area contributed by atoms with Crippen LogP contribution in [-0.4, -0.2) is 14.3 Å². The highest BCUT2D eigenvalue weighted by Gasteiger charge is 2.14. The molecule has 0 fully saturated rings. The number of nitrogens with one attached hydrogen (secondary N) is 1. The van der Waals surface area contributed by atoms with Crippen molar-refractivity contribution >= 4 is 15.9 Å². The zero-order valence-electron chi connectivity index (χ0n) is 12.7. The number of carbonyl (C=O) groups excluding carboxylic acids is 1. The Balaban J connectivity index is 2.13. The van der Waals surface area contributed by atoms with Crippen LogP contribution in [0.5, 0.6) is 0 Å². The van der Waals surface area contributed by atoms with Gasteiger partial charge in [0, 0.05) is 5.56 Å². The van der Waals surface area contributed by atoms with Gasteiger partial charge in [-0.25, -0.2) is 17.9 Å². The maximum Gasteiger partial charge on any atom is 0.251 e. The van der Waals surface area contributed by atoms with E-state index < -0.39 is 21.7 Å². The van der Waals surface area contributed by atoms with Crippen LogP contribution >= 0.6 is 0 Å². The van der Waals surface area contributed by atoms with Crippen molar-refractivity contribution in [3.05, 3.63) is 65.0 Å². The molecule has 122 valence electrons. The lowest BCUT2D eigenvalue weighted by atomic mass is 10.1. The Kier molecular flexibility index (Phi) is 4.82. The molecule has 1 atom stereocenters. The molecule has 0 aliphatic rings. The van der Waals surface area contributed by atoms with Crippen molar-refractivity contribution in [1.82, 2.24) is 5.32 Å². The molecule has 2 aromatic rings. The number of nitrogens with two attached hydrogens (primary N) is 1. The molecule has 0 spiro atoms. The van der Waals surface area contributed by atoms with Crippen LogP contribution in [0.25, 0.3) is 0 Å². The molecule has 0 aliphatic carbocycles. The second kappa shape index (κ2) is 6.47. The van der Waals surface area contributed by atoms with Crippen LogP contribution in [0.4, 0.5) is 4.39 Å². The molecule has 0 radical (unpaired) electrons. The predicted octanol–water partition coefficient (Wildman–Crippen LogP) is 2.27. The van der Waals surface area contributed by atoms with E-state index in [1.807, 2.05) is 0 Å². The van der Waals surface area contributed by atoms with Gasteiger partial charge >= 0.3 is 0 Å². The van der Waals surface area contributed by atoms with E-state index in [-0.39, 0.29) is 16.5 Å². The van der Waals surface area contributed by atoms with Crippen LogP contribution in [0.2, 0.25) is 0 Å². The van der Waals surface area contributed by atoms with Crippen molar-refractivity contribution in [2.24, 2.45) is 5.14 Å². The van der Waals surface area contributed by atoms with E-state index in [1.165, 1.54) is 24.3 Å². The maximum absolute atomic E-state index is 13.5. The molecule has 2 rings (SSSR count). The van der Waals surface area contributed by atoms with Crippen LogP contribution < -0.4 is 10.5 Å². The van der Waals surface area contributed by atoms with Gasteiger partial charge in [-0.15, -0.1) is 0 Å². The predicted molar refractivity (Wildman–Crippen MR) is 84.8 cm³/mol. The zero-order valence-corrected chi connectivity index (χ0v) is 13.5. The van der Waals surface area contributed by atoms with E-state index in [0.717, 1.165) is 0 Å². The minimum absolute atomic E-state index is 0.000354. The van der Waals surface area contributed by atoms with E-state index in [0.29, 0.717) is 11.1 Å². The van der Waals surface area contributed by atoms with Crippen LogP contribution in [0, 0.1) is 12.7 Å². The molecule has 0 aliphatic heterocycles. The Morgan fingerprint density at radius 3 is 2.30 bits per heavy atom. The van der Waals surface area contributed by atoms with Gasteiger partial charge in [0.15, 0.2) is 0 Å². The number of sulfonamides is 1. The summed E-state index contributed by atoms with van der Waals surface area (Å²) in [5, 5.41) is 7.76. The van der Waals surface area contributed by atoms with E-state index in [4.69, 9.17) is 5.14 Å². The Hall–Kier alpha value is -2.25. The molecule has 2 aromatic carbocycles. The Morgan fingerprint density at radius 1 is 1.17 bits per heavy atom. The van der Waals surface area contributed by atoms with Gasteiger partial charge in [-0.2, -0.15) is 0 Å². The fourth-order valence-electron chi connectivity index (χ4n) is 2.04. The summed E-state index contributed by atoms with van der Waals surface area (Å²) in [4.78, 5) is 12.1. The van der Waals surface area contributed by atoms with Gasteiger partial charge in [0.2, 0.25) is 10.0 Å². The number of aryl methyl sites for hydroxylation is 1. The van der Waals surface area contributed by atoms with Crippen molar-refractivity contribution in [3.63, 3.8) is 0 Å². The first-order valence-corrected chi connectivity index (χ1v) is 8.43. The number of primary sulfonamides is 1. The number of hydrogen-bond acceptors (Lipinski definition) is 3. The molecule has 7 heteroatoms. The molecular formula is C16H17FN2O3S. The molecule has 0 aromatic heterocycles. The van der Waals surface area contributed by atoms with E-state index in [1.54, 1.807) is 32.0 Å². The van der Waals surface area contributed by atoms with Crippen molar-refractivity contribution in [2.75, 3.05) is 0 Å². The lowest BCUT2D eigenvalue weighted by Gasteiger charge is -2.15. The van der Waals surface area contributed by atoms with Gasteiger partial charge in [-0.05, 0) is 49.2 Å². The van der Waals surface area contributed by atoms with Gasteiger partial charge in [0.25, 0.3) is 5.91 Å². The van der Waals surface area contributed by atoms with Gasteiger partial charge in [0.1, 0.15) is 5.82 Å². The molecule has 1 unspecified atom stereocenters. The van der Waals surface area contributed by atoms with Crippen LogP contribution in [0.3, 0.4) is 0 Å². The number of rotatable bonds is 4. The molecule has 0 saturated heterocycles. The Morgan fingerprint density at radius 2 is 1.78 bits per heavy atom. The largest absolute Gasteiger partial charge is 0.346 e. The topological polar surface area (TPSA) is 89.3 Å². The summed E-state index contributed by atoms with van der Waals surface area (Å²) in [6.45, 7) is 3.36. The monoisotopic (exact) mass is 336 g/mol. The summed E-state index contributed by atoms with van der Waals surface area (Å²) in [5.74, 6) is -0.852. The first-order valence-electron chi connectivity index (χ1n) is 6.88. The van der Waals surface area contributed by atoms with Crippen molar-refractivity contribution in [1.29, 1.82) is 0 Å². The van der Waals surface area contributed by atoms with E-state index in [9.17, 15) is 17.6 Å². The van der Waals surface area contributed by atoms with Gasteiger partial charge in [-0.3, -0.25) is 4.79 Å². The standard InChI is InChI=1S/C16H17FN2O3S/c1-10-3-4-13(9-15(10)17)16(20)19-11(2)12-5-7-14(8-6-12)23(18,21)22/h3-9,11H,1-2H3,(H,19,20)(H2,18,21,22). The van der Waals surface area contributed by atoms with Crippen molar-refractivity contribution in [2.45, 2.75) is 24.8 Å². The molecular weight excluding hydrogens is 319 g/mol. The molecule has 0 heterocycles. The summed E-state index contributed by atoms with van der Waals surface area (Å²) < 4.78 is 35.9. The maximum atomic E-state index is 13.5. The van der Waals surface area contributed by atoms with Gasteiger partial charge in [-0.1, -0.05) is 18.2 Å². The number of halogens is 1. The lowest BCUT2D eigenvalue weighted by Crippen LogP contribution is -2.26. The molecule has 0 saturated carbocycles. The summed E-state index contributed by atoms with van der Waals surface area (Å²) in [7, 11) is -3.75. The molecule has 0 bridgehead atoms. The van der Waals surface area contributed by atoms with E-state index in [2.05, 4.69) is 5.32 Å². The third kappa shape index (κ3) is 4.14. The number of carbonyl (C=O) groups is 1. The van der Waals surface area contributed by atoms with Crippen molar-refractivity contribution < 1.29 is 17.6 Å².